The Morgan fingerprint density at radius 3 is 1.88 bits per heavy atom. The van der Waals surface area contributed by atoms with Crippen LogP contribution in [-0.4, -0.2) is 13.1 Å². The van der Waals surface area contributed by atoms with Crippen molar-refractivity contribution in [2.75, 3.05) is 13.1 Å². The first-order valence-electron chi connectivity index (χ1n) is 6.47. The maximum atomic E-state index is 5.73. The molecule has 0 radical (unpaired) electrons. The molecule has 1 rings (SSSR count). The van der Waals surface area contributed by atoms with Crippen molar-refractivity contribution in [3.63, 3.8) is 0 Å². The Morgan fingerprint density at radius 2 is 1.47 bits per heavy atom. The predicted molar refractivity (Wildman–Crippen MR) is 75.3 cm³/mol. The van der Waals surface area contributed by atoms with Crippen LogP contribution in [0, 0.1) is 26.7 Å². The summed E-state index contributed by atoms with van der Waals surface area (Å²) in [7, 11) is 0. The lowest BCUT2D eigenvalue weighted by atomic mass is 9.84. The fourth-order valence-corrected chi connectivity index (χ4v) is 2.88. The van der Waals surface area contributed by atoms with E-state index in [0.29, 0.717) is 24.9 Å². The van der Waals surface area contributed by atoms with Crippen molar-refractivity contribution >= 4 is 0 Å². The Balaban J connectivity index is 2.92. The lowest BCUT2D eigenvalue weighted by Gasteiger charge is -2.22. The summed E-state index contributed by atoms with van der Waals surface area (Å²) >= 11 is 0. The molecule has 0 saturated carbocycles. The molecule has 2 heteroatoms. The molecule has 4 N–H and O–H groups in total. The van der Waals surface area contributed by atoms with E-state index in [1.807, 2.05) is 0 Å². The van der Waals surface area contributed by atoms with Crippen LogP contribution in [0.1, 0.15) is 41.5 Å². The lowest BCUT2D eigenvalue weighted by molar-refractivity contribution is 0.464. The highest BCUT2D eigenvalue weighted by Gasteiger charge is 2.16. The van der Waals surface area contributed by atoms with E-state index in [0.717, 1.165) is 6.42 Å². The Morgan fingerprint density at radius 1 is 1.00 bits per heavy atom. The van der Waals surface area contributed by atoms with Crippen LogP contribution < -0.4 is 11.5 Å². The van der Waals surface area contributed by atoms with Crippen LogP contribution in [0.3, 0.4) is 0 Å². The summed E-state index contributed by atoms with van der Waals surface area (Å²) in [6, 6.07) is 4.53. The van der Waals surface area contributed by atoms with E-state index in [1.54, 1.807) is 0 Å². The van der Waals surface area contributed by atoms with Crippen molar-refractivity contribution in [3.8, 4) is 0 Å². The highest BCUT2D eigenvalue weighted by Crippen LogP contribution is 2.29. The molecular weight excluding hydrogens is 208 g/mol. The Bertz CT molecular complexity index is 344. The summed E-state index contributed by atoms with van der Waals surface area (Å²) in [4.78, 5) is 0. The van der Waals surface area contributed by atoms with Crippen LogP contribution in [0.2, 0.25) is 0 Å². The Hall–Kier alpha value is -0.860. The Labute approximate surface area is 105 Å². The minimum Gasteiger partial charge on any atom is -0.330 e. The van der Waals surface area contributed by atoms with Crippen LogP contribution in [0.4, 0.5) is 0 Å². The van der Waals surface area contributed by atoms with E-state index in [1.165, 1.54) is 22.3 Å². The minimum absolute atomic E-state index is 0.435. The maximum absolute atomic E-state index is 5.73. The second kappa shape index (κ2) is 6.18. The van der Waals surface area contributed by atoms with Crippen molar-refractivity contribution in [2.24, 2.45) is 17.4 Å². The molecule has 1 aromatic rings. The van der Waals surface area contributed by atoms with Gasteiger partial charge in [-0.15, -0.1) is 0 Å². The van der Waals surface area contributed by atoms with Gasteiger partial charge in [0, 0.05) is 0 Å². The first-order valence-corrected chi connectivity index (χ1v) is 6.47. The van der Waals surface area contributed by atoms with Gasteiger partial charge in [0.2, 0.25) is 0 Å². The van der Waals surface area contributed by atoms with E-state index in [-0.39, 0.29) is 0 Å². The van der Waals surface area contributed by atoms with Crippen LogP contribution in [0.25, 0.3) is 0 Å². The molecule has 0 heterocycles. The van der Waals surface area contributed by atoms with Crippen molar-refractivity contribution in [1.29, 1.82) is 0 Å². The SMILES string of the molecule is Cc1cc(C)c(C(C)CC(CN)CN)c(C)c1. The van der Waals surface area contributed by atoms with Gasteiger partial charge in [-0.3, -0.25) is 0 Å². The number of hydrogen-bond donors (Lipinski definition) is 2. The molecule has 0 saturated heterocycles. The third-order valence-electron chi connectivity index (χ3n) is 3.58. The molecule has 0 spiro atoms. The largest absolute Gasteiger partial charge is 0.330 e. The first kappa shape index (κ1) is 14.2. The van der Waals surface area contributed by atoms with Crippen molar-refractivity contribution in [1.82, 2.24) is 0 Å². The fraction of sp³-hybridized carbons (Fsp3) is 0.600. The summed E-state index contributed by atoms with van der Waals surface area (Å²) in [6.45, 7) is 10.2. The standard InChI is InChI=1S/C15H26N2/c1-10-5-11(2)15(12(3)6-10)13(4)7-14(8-16)9-17/h5-6,13-14H,7-9,16-17H2,1-4H3. The normalized spacial score (nSPS) is 13.1. The summed E-state index contributed by atoms with van der Waals surface area (Å²) < 4.78 is 0. The molecule has 0 aliphatic carbocycles. The van der Waals surface area contributed by atoms with Gasteiger partial charge in [-0.1, -0.05) is 24.6 Å². The Kier molecular flexibility index (Phi) is 5.16. The minimum atomic E-state index is 0.435. The van der Waals surface area contributed by atoms with Crippen molar-refractivity contribution in [3.05, 3.63) is 34.4 Å². The smallest absolute Gasteiger partial charge is 0.00366 e. The van der Waals surface area contributed by atoms with Gasteiger partial charge < -0.3 is 11.5 Å². The molecule has 1 atom stereocenters. The predicted octanol–water partition coefficient (Wildman–Crippen LogP) is 2.64. The van der Waals surface area contributed by atoms with E-state index in [4.69, 9.17) is 11.5 Å². The second-order valence-electron chi connectivity index (χ2n) is 5.29. The molecule has 17 heavy (non-hydrogen) atoms. The van der Waals surface area contributed by atoms with Crippen molar-refractivity contribution < 1.29 is 0 Å². The fourth-order valence-electron chi connectivity index (χ4n) is 2.88. The first-order chi connectivity index (χ1) is 7.99. The maximum Gasteiger partial charge on any atom is -0.00366 e. The number of rotatable bonds is 5. The van der Waals surface area contributed by atoms with Crippen LogP contribution in [0.15, 0.2) is 12.1 Å². The highest BCUT2D eigenvalue weighted by molar-refractivity contribution is 5.39. The van der Waals surface area contributed by atoms with E-state index >= 15 is 0 Å². The van der Waals surface area contributed by atoms with Gasteiger partial charge in [0.1, 0.15) is 0 Å². The molecular formula is C15H26N2. The molecule has 0 aliphatic rings. The molecule has 1 unspecified atom stereocenters. The van der Waals surface area contributed by atoms with Gasteiger partial charge in [-0.2, -0.15) is 0 Å². The number of aryl methyl sites for hydroxylation is 3. The second-order valence-corrected chi connectivity index (χ2v) is 5.29. The molecule has 0 aliphatic heterocycles. The summed E-state index contributed by atoms with van der Waals surface area (Å²) in [6.07, 6.45) is 1.08. The van der Waals surface area contributed by atoms with Crippen LogP contribution in [0.5, 0.6) is 0 Å². The van der Waals surface area contributed by atoms with Gasteiger partial charge in [0.05, 0.1) is 0 Å². The monoisotopic (exact) mass is 234 g/mol. The van der Waals surface area contributed by atoms with Gasteiger partial charge in [0.15, 0.2) is 0 Å². The zero-order valence-electron chi connectivity index (χ0n) is 11.6. The highest BCUT2D eigenvalue weighted by atomic mass is 14.6. The molecule has 96 valence electrons. The number of benzene rings is 1. The van der Waals surface area contributed by atoms with E-state index in [2.05, 4.69) is 39.8 Å². The molecule has 0 bridgehead atoms. The summed E-state index contributed by atoms with van der Waals surface area (Å²) in [5.41, 5.74) is 17.1. The van der Waals surface area contributed by atoms with Gasteiger partial charge in [-0.05, 0) is 68.8 Å². The lowest BCUT2D eigenvalue weighted by Crippen LogP contribution is -2.25. The summed E-state index contributed by atoms with van der Waals surface area (Å²) in [5.74, 6) is 0.970. The number of nitrogens with two attached hydrogens (primary N) is 2. The molecule has 2 nitrogen and oxygen atoms in total. The average molecular weight is 234 g/mol. The molecule has 0 amide bonds. The van der Waals surface area contributed by atoms with Crippen molar-refractivity contribution in [2.45, 2.75) is 40.0 Å². The van der Waals surface area contributed by atoms with Gasteiger partial charge >= 0.3 is 0 Å². The topological polar surface area (TPSA) is 52.0 Å². The van der Waals surface area contributed by atoms with Crippen LogP contribution in [-0.2, 0) is 0 Å². The van der Waals surface area contributed by atoms with Gasteiger partial charge in [0.25, 0.3) is 0 Å². The van der Waals surface area contributed by atoms with Crippen LogP contribution >= 0.6 is 0 Å². The summed E-state index contributed by atoms with van der Waals surface area (Å²) in [5, 5.41) is 0. The average Bonchev–Trinajstić information content (AvgIpc) is 2.24. The molecule has 0 fully saturated rings. The molecule has 0 aromatic heterocycles. The van der Waals surface area contributed by atoms with E-state index < -0.39 is 0 Å². The zero-order chi connectivity index (χ0) is 13.0. The van der Waals surface area contributed by atoms with Gasteiger partial charge in [-0.25, -0.2) is 0 Å². The van der Waals surface area contributed by atoms with E-state index in [9.17, 15) is 0 Å². The zero-order valence-corrected chi connectivity index (χ0v) is 11.6. The third kappa shape index (κ3) is 3.55. The number of hydrogen-bond acceptors (Lipinski definition) is 2. The molecule has 1 aromatic carbocycles. The third-order valence-corrected chi connectivity index (χ3v) is 3.58. The quantitative estimate of drug-likeness (QED) is 0.823.